The van der Waals surface area contributed by atoms with Crippen LogP contribution in [-0.4, -0.2) is 57.1 Å². The molecule has 0 radical (unpaired) electrons. The third-order valence-electron chi connectivity index (χ3n) is 3.08. The van der Waals surface area contributed by atoms with Gasteiger partial charge in [-0.15, -0.1) is 0 Å². The maximum Gasteiger partial charge on any atom is 0.329 e. The van der Waals surface area contributed by atoms with E-state index >= 15 is 0 Å². The lowest BCUT2D eigenvalue weighted by atomic mass is 9.97. The van der Waals surface area contributed by atoms with Gasteiger partial charge in [0.05, 0.1) is 19.3 Å². The van der Waals surface area contributed by atoms with E-state index in [4.69, 9.17) is 9.84 Å². The van der Waals surface area contributed by atoms with E-state index in [2.05, 4.69) is 10.4 Å². The number of aryl methyl sites for hydroxylation is 1. The van der Waals surface area contributed by atoms with Gasteiger partial charge in [-0.3, -0.25) is 4.68 Å². The molecule has 2 heterocycles. The topological polar surface area (TPSA) is 96.7 Å². The van der Waals surface area contributed by atoms with Gasteiger partial charge in [-0.05, 0) is 6.92 Å². The summed E-state index contributed by atoms with van der Waals surface area (Å²) in [6, 6.07) is -0.190. The molecule has 2 N–H and O–H groups in total. The Morgan fingerprint density at radius 1 is 1.55 bits per heavy atom. The highest BCUT2D eigenvalue weighted by Gasteiger charge is 2.42. The predicted octanol–water partition coefficient (Wildman–Crippen LogP) is -0.195. The van der Waals surface area contributed by atoms with E-state index in [-0.39, 0.29) is 12.6 Å². The number of rotatable bonds is 5. The number of carboxylic acids is 1. The molecule has 1 aromatic heterocycles. The van der Waals surface area contributed by atoms with Gasteiger partial charge in [0.2, 0.25) is 0 Å². The fourth-order valence-corrected chi connectivity index (χ4v) is 2.08. The van der Waals surface area contributed by atoms with E-state index < -0.39 is 11.6 Å². The summed E-state index contributed by atoms with van der Waals surface area (Å²) < 4.78 is 6.91. The molecule has 0 bridgehead atoms. The van der Waals surface area contributed by atoms with Crippen LogP contribution in [0.4, 0.5) is 4.79 Å². The van der Waals surface area contributed by atoms with Crippen LogP contribution in [0.25, 0.3) is 0 Å². The van der Waals surface area contributed by atoms with Crippen LogP contribution in [0.3, 0.4) is 0 Å². The van der Waals surface area contributed by atoms with Crippen molar-refractivity contribution in [1.29, 1.82) is 0 Å². The zero-order valence-electron chi connectivity index (χ0n) is 11.5. The Balaban J connectivity index is 1.72. The molecule has 2 amide bonds. The van der Waals surface area contributed by atoms with Crippen molar-refractivity contribution in [2.45, 2.75) is 19.1 Å². The van der Waals surface area contributed by atoms with E-state index in [0.717, 1.165) is 5.56 Å². The zero-order chi connectivity index (χ0) is 14.8. The second kappa shape index (κ2) is 5.49. The summed E-state index contributed by atoms with van der Waals surface area (Å²) in [4.78, 5) is 23.9. The normalized spacial score (nSPS) is 16.6. The average Bonchev–Trinajstić information content (AvgIpc) is 2.76. The highest BCUT2D eigenvalue weighted by molar-refractivity contribution is 5.75. The first-order valence-electron chi connectivity index (χ1n) is 6.24. The first kappa shape index (κ1) is 14.3. The minimum atomic E-state index is -1.01. The van der Waals surface area contributed by atoms with E-state index in [0.29, 0.717) is 19.6 Å². The molecule has 0 atom stereocenters. The Hall–Kier alpha value is -2.09. The monoisotopic (exact) mass is 282 g/mol. The fourth-order valence-electron chi connectivity index (χ4n) is 2.08. The molecular weight excluding hydrogens is 264 g/mol. The van der Waals surface area contributed by atoms with Crippen molar-refractivity contribution < 1.29 is 19.4 Å². The van der Waals surface area contributed by atoms with Crippen molar-refractivity contribution in [3.8, 4) is 0 Å². The van der Waals surface area contributed by atoms with Crippen molar-refractivity contribution in [1.82, 2.24) is 20.0 Å². The molecule has 110 valence electrons. The smallest absolute Gasteiger partial charge is 0.329 e. The minimum absolute atomic E-state index is 0.190. The number of aliphatic carboxylic acids is 1. The zero-order valence-corrected chi connectivity index (χ0v) is 11.5. The average molecular weight is 282 g/mol. The largest absolute Gasteiger partial charge is 0.480 e. The van der Waals surface area contributed by atoms with E-state index in [9.17, 15) is 9.59 Å². The molecule has 0 aliphatic carbocycles. The van der Waals surface area contributed by atoms with Gasteiger partial charge >= 0.3 is 12.0 Å². The van der Waals surface area contributed by atoms with E-state index in [1.165, 1.54) is 0 Å². The third kappa shape index (κ3) is 3.47. The predicted molar refractivity (Wildman–Crippen MR) is 69.0 cm³/mol. The second-order valence-corrected chi connectivity index (χ2v) is 5.17. The highest BCUT2D eigenvalue weighted by Crippen LogP contribution is 2.24. The Bertz CT molecular complexity index is 507. The van der Waals surface area contributed by atoms with Gasteiger partial charge in [-0.2, -0.15) is 5.10 Å². The number of nitrogens with zero attached hydrogens (tertiary/aromatic N) is 3. The maximum atomic E-state index is 11.8. The van der Waals surface area contributed by atoms with Gasteiger partial charge in [0, 0.05) is 25.4 Å². The van der Waals surface area contributed by atoms with Crippen molar-refractivity contribution in [3.05, 3.63) is 18.0 Å². The number of hydrogen-bond donors (Lipinski definition) is 2. The molecule has 8 heteroatoms. The number of urea groups is 1. The van der Waals surface area contributed by atoms with Crippen LogP contribution in [-0.2, 0) is 23.1 Å². The summed E-state index contributed by atoms with van der Waals surface area (Å²) >= 11 is 0. The van der Waals surface area contributed by atoms with Crippen LogP contribution in [0.15, 0.2) is 12.4 Å². The summed E-state index contributed by atoms with van der Waals surface area (Å²) in [5, 5.41) is 15.4. The molecular formula is C12H18N4O4. The molecule has 1 aliphatic heterocycles. The standard InChI is InChI=1S/C12H18N4O4/c1-12(20-6-10(17)18)7-16(8-12)11(19)13-3-9-4-14-15(2)5-9/h4-5H,3,6-8H2,1-2H3,(H,13,19)(H,17,18). The Morgan fingerprint density at radius 3 is 2.80 bits per heavy atom. The van der Waals surface area contributed by atoms with Crippen LogP contribution >= 0.6 is 0 Å². The van der Waals surface area contributed by atoms with Crippen LogP contribution < -0.4 is 5.32 Å². The molecule has 20 heavy (non-hydrogen) atoms. The van der Waals surface area contributed by atoms with Gasteiger partial charge in [0.25, 0.3) is 0 Å². The molecule has 0 saturated carbocycles. The van der Waals surface area contributed by atoms with Crippen molar-refractivity contribution in [3.63, 3.8) is 0 Å². The Kier molecular flexibility index (Phi) is 3.93. The van der Waals surface area contributed by atoms with E-state index in [1.54, 1.807) is 22.7 Å². The first-order valence-corrected chi connectivity index (χ1v) is 6.24. The van der Waals surface area contributed by atoms with Crippen LogP contribution in [0, 0.1) is 0 Å². The molecule has 0 aromatic carbocycles. The van der Waals surface area contributed by atoms with Gasteiger partial charge in [-0.25, -0.2) is 9.59 Å². The number of likely N-dealkylation sites (tertiary alicyclic amines) is 1. The molecule has 1 aliphatic rings. The van der Waals surface area contributed by atoms with Crippen LogP contribution in [0.5, 0.6) is 0 Å². The Morgan fingerprint density at radius 2 is 2.25 bits per heavy atom. The molecule has 0 spiro atoms. The number of carboxylic acid groups (broad SMARTS) is 1. The molecule has 8 nitrogen and oxygen atoms in total. The highest BCUT2D eigenvalue weighted by atomic mass is 16.5. The lowest BCUT2D eigenvalue weighted by molar-refractivity contribution is -0.159. The maximum absolute atomic E-state index is 11.8. The number of hydrogen-bond acceptors (Lipinski definition) is 4. The number of carbonyl (C=O) groups excluding carboxylic acids is 1. The molecule has 2 rings (SSSR count). The SMILES string of the molecule is Cn1cc(CNC(=O)N2CC(C)(OCC(=O)O)C2)cn1. The second-order valence-electron chi connectivity index (χ2n) is 5.17. The van der Waals surface area contributed by atoms with Gasteiger partial charge in [0.1, 0.15) is 12.2 Å². The number of aromatic nitrogens is 2. The number of carbonyl (C=O) groups is 2. The summed E-state index contributed by atoms with van der Waals surface area (Å²) in [5.74, 6) is -1.01. The number of nitrogens with one attached hydrogen (secondary N) is 1. The number of amides is 2. The van der Waals surface area contributed by atoms with Crippen molar-refractivity contribution >= 4 is 12.0 Å². The van der Waals surface area contributed by atoms with Gasteiger partial charge < -0.3 is 20.1 Å². The summed E-state index contributed by atoms with van der Waals surface area (Å²) in [7, 11) is 1.81. The molecule has 1 aromatic rings. The summed E-state index contributed by atoms with van der Waals surface area (Å²) in [5.41, 5.74) is 0.357. The third-order valence-corrected chi connectivity index (χ3v) is 3.08. The van der Waals surface area contributed by atoms with Gasteiger partial charge in [-0.1, -0.05) is 0 Å². The van der Waals surface area contributed by atoms with E-state index in [1.807, 2.05) is 13.2 Å². The molecule has 0 unspecified atom stereocenters. The van der Waals surface area contributed by atoms with Crippen molar-refractivity contribution in [2.75, 3.05) is 19.7 Å². The number of ether oxygens (including phenoxy) is 1. The van der Waals surface area contributed by atoms with Crippen LogP contribution in [0.1, 0.15) is 12.5 Å². The molecule has 1 fully saturated rings. The van der Waals surface area contributed by atoms with Crippen LogP contribution in [0.2, 0.25) is 0 Å². The summed E-state index contributed by atoms with van der Waals surface area (Å²) in [6.45, 7) is 2.64. The molecule has 1 saturated heterocycles. The lowest BCUT2D eigenvalue weighted by Crippen LogP contribution is -2.65. The fraction of sp³-hybridized carbons (Fsp3) is 0.583. The quantitative estimate of drug-likeness (QED) is 0.780. The van der Waals surface area contributed by atoms with Crippen molar-refractivity contribution in [2.24, 2.45) is 7.05 Å². The minimum Gasteiger partial charge on any atom is -0.480 e. The summed E-state index contributed by atoms with van der Waals surface area (Å²) in [6.07, 6.45) is 3.52. The lowest BCUT2D eigenvalue weighted by Gasteiger charge is -2.46. The first-order chi connectivity index (χ1) is 9.38. The Labute approximate surface area is 116 Å². The van der Waals surface area contributed by atoms with Gasteiger partial charge in [0.15, 0.2) is 0 Å².